The Bertz CT molecular complexity index is 575. The molecule has 1 saturated carbocycles. The number of nitrogens with one attached hydrogen (secondary N) is 1. The molecule has 0 bridgehead atoms. The maximum absolute atomic E-state index is 5.99. The lowest BCUT2D eigenvalue weighted by Crippen LogP contribution is -2.45. The van der Waals surface area contributed by atoms with Gasteiger partial charge in [0.2, 0.25) is 0 Å². The minimum Gasteiger partial charge on any atom is -0.382 e. The van der Waals surface area contributed by atoms with Gasteiger partial charge in [-0.25, -0.2) is 0 Å². The van der Waals surface area contributed by atoms with Gasteiger partial charge >= 0.3 is 0 Å². The third-order valence-corrected chi connectivity index (χ3v) is 4.76. The van der Waals surface area contributed by atoms with Crippen LogP contribution in [0.5, 0.6) is 0 Å². The summed E-state index contributed by atoms with van der Waals surface area (Å²) in [5.74, 6) is 0.547. The molecule has 2 aromatic heterocycles. The number of nitrogens with zero attached hydrogens (tertiary/aromatic N) is 2. The van der Waals surface area contributed by atoms with Crippen molar-refractivity contribution in [1.82, 2.24) is 9.36 Å². The van der Waals surface area contributed by atoms with E-state index in [1.807, 2.05) is 12.1 Å². The van der Waals surface area contributed by atoms with Gasteiger partial charge in [-0.05, 0) is 36.9 Å². The monoisotopic (exact) mass is 290 g/mol. The largest absolute Gasteiger partial charge is 0.382 e. The highest BCUT2D eigenvalue weighted by Gasteiger charge is 2.37. The number of ether oxygens (including phenoxy) is 1. The van der Waals surface area contributed by atoms with Crippen LogP contribution in [0.4, 0.5) is 10.8 Å². The molecule has 106 valence electrons. The SMILES string of the molecule is COC1(CNc2snc(N)c2-c2cccnc2)CCC1. The van der Waals surface area contributed by atoms with Crippen molar-refractivity contribution in [3.63, 3.8) is 0 Å². The number of pyridine rings is 1. The molecule has 0 atom stereocenters. The second-order valence-electron chi connectivity index (χ2n) is 5.11. The Morgan fingerprint density at radius 1 is 1.50 bits per heavy atom. The molecular formula is C14H18N4OS. The van der Waals surface area contributed by atoms with Gasteiger partial charge in [-0.2, -0.15) is 4.37 Å². The number of aromatic nitrogens is 2. The number of anilines is 2. The molecule has 0 aliphatic heterocycles. The van der Waals surface area contributed by atoms with E-state index in [2.05, 4.69) is 14.7 Å². The highest BCUT2D eigenvalue weighted by molar-refractivity contribution is 7.11. The first-order valence-electron chi connectivity index (χ1n) is 6.69. The van der Waals surface area contributed by atoms with Crippen LogP contribution >= 0.6 is 11.5 Å². The number of nitrogen functional groups attached to an aromatic ring is 1. The van der Waals surface area contributed by atoms with E-state index in [0.717, 1.165) is 35.5 Å². The van der Waals surface area contributed by atoms with Crippen LogP contribution in [0.3, 0.4) is 0 Å². The van der Waals surface area contributed by atoms with Gasteiger partial charge < -0.3 is 15.8 Å². The Morgan fingerprint density at radius 2 is 2.35 bits per heavy atom. The number of rotatable bonds is 5. The van der Waals surface area contributed by atoms with Crippen molar-refractivity contribution in [2.45, 2.75) is 24.9 Å². The molecule has 2 heterocycles. The molecular weight excluding hydrogens is 272 g/mol. The highest BCUT2D eigenvalue weighted by Crippen LogP contribution is 2.39. The van der Waals surface area contributed by atoms with Crippen molar-refractivity contribution in [3.05, 3.63) is 24.5 Å². The smallest absolute Gasteiger partial charge is 0.147 e. The van der Waals surface area contributed by atoms with Gasteiger partial charge in [0.05, 0.1) is 11.2 Å². The summed E-state index contributed by atoms with van der Waals surface area (Å²) in [6.07, 6.45) is 7.00. The second kappa shape index (κ2) is 5.38. The summed E-state index contributed by atoms with van der Waals surface area (Å²) in [7, 11) is 1.78. The summed E-state index contributed by atoms with van der Waals surface area (Å²) >= 11 is 1.39. The maximum Gasteiger partial charge on any atom is 0.147 e. The van der Waals surface area contributed by atoms with E-state index in [1.54, 1.807) is 19.5 Å². The van der Waals surface area contributed by atoms with Crippen molar-refractivity contribution in [2.75, 3.05) is 24.7 Å². The summed E-state index contributed by atoms with van der Waals surface area (Å²) in [5.41, 5.74) is 7.90. The van der Waals surface area contributed by atoms with E-state index >= 15 is 0 Å². The third kappa shape index (κ3) is 2.36. The molecule has 1 aliphatic rings. The lowest BCUT2D eigenvalue weighted by atomic mass is 9.80. The van der Waals surface area contributed by atoms with Gasteiger partial charge in [-0.3, -0.25) is 4.98 Å². The molecule has 0 aromatic carbocycles. The predicted octanol–water partition coefficient (Wildman–Crippen LogP) is 2.77. The molecule has 0 radical (unpaired) electrons. The zero-order valence-electron chi connectivity index (χ0n) is 11.4. The summed E-state index contributed by atoms with van der Waals surface area (Å²) in [4.78, 5) is 4.14. The standard InChI is InChI=1S/C14H18N4OS/c1-19-14(5-3-6-14)9-17-13-11(12(15)18-20-13)10-4-2-7-16-8-10/h2,4,7-8,17H,3,5-6,9H2,1H3,(H2,15,18). The van der Waals surface area contributed by atoms with Crippen LogP contribution in [0.1, 0.15) is 19.3 Å². The first-order valence-corrected chi connectivity index (χ1v) is 7.46. The molecule has 0 amide bonds. The van der Waals surface area contributed by atoms with E-state index in [4.69, 9.17) is 10.5 Å². The molecule has 2 aromatic rings. The van der Waals surface area contributed by atoms with Crippen molar-refractivity contribution in [1.29, 1.82) is 0 Å². The zero-order valence-corrected chi connectivity index (χ0v) is 12.2. The molecule has 5 nitrogen and oxygen atoms in total. The molecule has 0 spiro atoms. The fraction of sp³-hybridized carbons (Fsp3) is 0.429. The van der Waals surface area contributed by atoms with Crippen LogP contribution in [0, 0.1) is 0 Å². The van der Waals surface area contributed by atoms with Crippen LogP contribution in [0.2, 0.25) is 0 Å². The van der Waals surface area contributed by atoms with Crippen molar-refractivity contribution < 1.29 is 4.74 Å². The van der Waals surface area contributed by atoms with Crippen LogP contribution < -0.4 is 11.1 Å². The number of hydrogen-bond acceptors (Lipinski definition) is 6. The number of nitrogens with two attached hydrogens (primary N) is 1. The minimum absolute atomic E-state index is 0.0229. The fourth-order valence-electron chi connectivity index (χ4n) is 2.48. The average molecular weight is 290 g/mol. The van der Waals surface area contributed by atoms with Gasteiger partial charge in [0.15, 0.2) is 0 Å². The quantitative estimate of drug-likeness (QED) is 0.886. The lowest BCUT2D eigenvalue weighted by molar-refractivity contribution is -0.0600. The summed E-state index contributed by atoms with van der Waals surface area (Å²) in [6.45, 7) is 0.790. The van der Waals surface area contributed by atoms with E-state index in [0.29, 0.717) is 5.82 Å². The lowest BCUT2D eigenvalue weighted by Gasteiger charge is -2.40. The first kappa shape index (κ1) is 13.3. The van der Waals surface area contributed by atoms with Gasteiger partial charge in [0.1, 0.15) is 10.8 Å². The predicted molar refractivity (Wildman–Crippen MR) is 81.8 cm³/mol. The van der Waals surface area contributed by atoms with E-state index in [-0.39, 0.29) is 5.60 Å². The number of hydrogen-bond donors (Lipinski definition) is 2. The Hall–Kier alpha value is -1.66. The fourth-order valence-corrected chi connectivity index (χ4v) is 3.21. The van der Waals surface area contributed by atoms with Crippen molar-refractivity contribution >= 4 is 22.4 Å². The summed E-state index contributed by atoms with van der Waals surface area (Å²) < 4.78 is 9.88. The molecule has 20 heavy (non-hydrogen) atoms. The summed E-state index contributed by atoms with van der Waals surface area (Å²) in [6, 6.07) is 3.90. The maximum atomic E-state index is 5.99. The molecule has 0 unspecified atom stereocenters. The van der Waals surface area contributed by atoms with Crippen LogP contribution in [-0.4, -0.2) is 28.6 Å². The zero-order chi connectivity index (χ0) is 14.0. The van der Waals surface area contributed by atoms with Crippen LogP contribution in [0.25, 0.3) is 11.1 Å². The van der Waals surface area contributed by atoms with E-state index in [1.165, 1.54) is 18.0 Å². The molecule has 3 N–H and O–H groups in total. The average Bonchev–Trinajstić information content (AvgIpc) is 2.80. The highest BCUT2D eigenvalue weighted by atomic mass is 32.1. The second-order valence-corrected chi connectivity index (χ2v) is 5.88. The molecule has 1 aliphatic carbocycles. The molecule has 3 rings (SSSR count). The summed E-state index contributed by atoms with van der Waals surface area (Å²) in [5, 5.41) is 4.43. The molecule has 1 fully saturated rings. The Morgan fingerprint density at radius 3 is 2.95 bits per heavy atom. The topological polar surface area (TPSA) is 73.1 Å². The Balaban J connectivity index is 1.81. The van der Waals surface area contributed by atoms with Gasteiger partial charge in [0.25, 0.3) is 0 Å². The number of methoxy groups -OCH3 is 1. The van der Waals surface area contributed by atoms with Crippen LogP contribution in [0.15, 0.2) is 24.5 Å². The van der Waals surface area contributed by atoms with Gasteiger partial charge in [-0.1, -0.05) is 6.07 Å². The Kier molecular flexibility index (Phi) is 3.58. The minimum atomic E-state index is -0.0229. The van der Waals surface area contributed by atoms with Gasteiger partial charge in [0, 0.05) is 31.6 Å². The van der Waals surface area contributed by atoms with Crippen LogP contribution in [-0.2, 0) is 4.74 Å². The Labute approximate surface area is 122 Å². The molecule has 6 heteroatoms. The van der Waals surface area contributed by atoms with Crippen molar-refractivity contribution in [2.24, 2.45) is 0 Å². The van der Waals surface area contributed by atoms with Gasteiger partial charge in [-0.15, -0.1) is 0 Å². The normalized spacial score (nSPS) is 16.6. The van der Waals surface area contributed by atoms with E-state index in [9.17, 15) is 0 Å². The third-order valence-electron chi connectivity index (χ3n) is 3.94. The van der Waals surface area contributed by atoms with E-state index < -0.39 is 0 Å². The van der Waals surface area contributed by atoms with Crippen molar-refractivity contribution in [3.8, 4) is 11.1 Å². The first-order chi connectivity index (χ1) is 9.74. The molecule has 0 saturated heterocycles.